The van der Waals surface area contributed by atoms with Crippen LogP contribution in [0.3, 0.4) is 0 Å². The average molecular weight is 438 g/mol. The van der Waals surface area contributed by atoms with Crippen molar-refractivity contribution in [2.45, 2.75) is 33.7 Å². The molecule has 0 aliphatic carbocycles. The molecule has 1 heterocycles. The number of aromatic amines is 1. The van der Waals surface area contributed by atoms with Crippen LogP contribution in [0.15, 0.2) is 48.5 Å². The van der Waals surface area contributed by atoms with Crippen molar-refractivity contribution < 1.29 is 9.59 Å². The number of benzene rings is 2. The highest BCUT2D eigenvalue weighted by Crippen LogP contribution is 2.19. The van der Waals surface area contributed by atoms with Gasteiger partial charge in [0.15, 0.2) is 10.6 Å². The molecule has 0 radical (unpaired) electrons. The van der Waals surface area contributed by atoms with E-state index in [4.69, 9.17) is 12.2 Å². The van der Waals surface area contributed by atoms with Crippen molar-refractivity contribution in [1.82, 2.24) is 19.7 Å². The number of nitrogens with one attached hydrogen (secondary N) is 2. The van der Waals surface area contributed by atoms with Crippen molar-refractivity contribution in [3.63, 3.8) is 0 Å². The molecule has 162 valence electrons. The molecule has 7 nitrogen and oxygen atoms in total. The zero-order chi connectivity index (χ0) is 22.4. The van der Waals surface area contributed by atoms with Crippen LogP contribution in [-0.2, 0) is 11.3 Å². The smallest absolute Gasteiger partial charge is 0.253 e. The molecule has 8 heteroatoms. The zero-order valence-electron chi connectivity index (χ0n) is 18.0. The van der Waals surface area contributed by atoms with Crippen LogP contribution in [-0.4, -0.2) is 44.6 Å². The Bertz CT molecular complexity index is 1110. The van der Waals surface area contributed by atoms with Gasteiger partial charge in [0.05, 0.1) is 0 Å². The summed E-state index contributed by atoms with van der Waals surface area (Å²) in [7, 11) is 0. The van der Waals surface area contributed by atoms with Crippen LogP contribution in [0.2, 0.25) is 0 Å². The van der Waals surface area contributed by atoms with Crippen molar-refractivity contribution in [3.05, 3.63) is 64.4 Å². The predicted octanol–water partition coefficient (Wildman–Crippen LogP) is 4.43. The van der Waals surface area contributed by atoms with Gasteiger partial charge in [0, 0.05) is 42.9 Å². The Kier molecular flexibility index (Phi) is 7.36. The largest absolute Gasteiger partial charge is 0.339 e. The Labute approximate surface area is 187 Å². The lowest BCUT2D eigenvalue weighted by Crippen LogP contribution is -2.30. The van der Waals surface area contributed by atoms with E-state index >= 15 is 0 Å². The summed E-state index contributed by atoms with van der Waals surface area (Å²) in [6.07, 6.45) is 0.243. The van der Waals surface area contributed by atoms with Gasteiger partial charge in [-0.3, -0.25) is 19.3 Å². The lowest BCUT2D eigenvalue weighted by Gasteiger charge is -2.18. The number of carbonyl (C=O) groups excluding carboxylic acids is 2. The number of rotatable bonds is 8. The van der Waals surface area contributed by atoms with Crippen LogP contribution >= 0.6 is 12.2 Å². The fraction of sp³-hybridized carbons (Fsp3) is 0.304. The van der Waals surface area contributed by atoms with Crippen molar-refractivity contribution in [2.75, 3.05) is 18.4 Å². The van der Waals surface area contributed by atoms with Gasteiger partial charge < -0.3 is 10.2 Å². The van der Waals surface area contributed by atoms with E-state index in [1.807, 2.05) is 49.6 Å². The molecule has 0 saturated heterocycles. The first-order valence-corrected chi connectivity index (χ1v) is 10.7. The molecule has 0 fully saturated rings. The molecule has 2 N–H and O–H groups in total. The van der Waals surface area contributed by atoms with Gasteiger partial charge in [0.25, 0.3) is 5.91 Å². The maximum Gasteiger partial charge on any atom is 0.253 e. The maximum absolute atomic E-state index is 12.5. The van der Waals surface area contributed by atoms with Gasteiger partial charge >= 0.3 is 0 Å². The summed E-state index contributed by atoms with van der Waals surface area (Å²) in [6, 6.07) is 14.9. The summed E-state index contributed by atoms with van der Waals surface area (Å²) >= 11 is 5.34. The normalized spacial score (nSPS) is 10.7. The van der Waals surface area contributed by atoms with E-state index in [-0.39, 0.29) is 18.2 Å². The van der Waals surface area contributed by atoms with Crippen molar-refractivity contribution >= 4 is 29.7 Å². The molecule has 0 spiro atoms. The minimum absolute atomic E-state index is 0.0131. The van der Waals surface area contributed by atoms with Gasteiger partial charge in [-0.15, -0.1) is 0 Å². The summed E-state index contributed by atoms with van der Waals surface area (Å²) < 4.78 is 2.30. The highest BCUT2D eigenvalue weighted by atomic mass is 32.1. The van der Waals surface area contributed by atoms with Gasteiger partial charge in [-0.2, -0.15) is 5.10 Å². The molecular formula is C23H27N5O2S. The topological polar surface area (TPSA) is 83.0 Å². The van der Waals surface area contributed by atoms with Crippen molar-refractivity contribution in [3.8, 4) is 11.4 Å². The number of carbonyl (C=O) groups is 2. The molecule has 0 saturated carbocycles. The summed E-state index contributed by atoms with van der Waals surface area (Å²) in [5, 5.41) is 10.0. The number of aromatic nitrogens is 3. The molecule has 0 unspecified atom stereocenters. The van der Waals surface area contributed by atoms with Gasteiger partial charge in [-0.25, -0.2) is 0 Å². The molecule has 0 bridgehead atoms. The number of hydrogen-bond acceptors (Lipinski definition) is 4. The number of hydrogen-bond donors (Lipinski definition) is 2. The number of amides is 2. The van der Waals surface area contributed by atoms with E-state index < -0.39 is 0 Å². The first-order valence-electron chi connectivity index (χ1n) is 10.3. The number of H-pyrrole nitrogens is 1. The predicted molar refractivity (Wildman–Crippen MR) is 125 cm³/mol. The standard InChI is InChI=1S/C23H27N5O2S/c1-4-27(5-2)22(30)17-9-11-19(12-10-17)24-20(29)13-14-28-21(25-26-23(28)31)18-8-6-7-16(3)15-18/h6-12,15H,4-5,13-14H2,1-3H3,(H,24,29)(H,26,31). The Morgan fingerprint density at radius 3 is 2.48 bits per heavy atom. The molecule has 0 atom stereocenters. The molecule has 2 aromatic carbocycles. The average Bonchev–Trinajstić information content (AvgIpc) is 3.14. The highest BCUT2D eigenvalue weighted by Gasteiger charge is 2.13. The molecule has 31 heavy (non-hydrogen) atoms. The van der Waals surface area contributed by atoms with Gasteiger partial charge in [0.2, 0.25) is 5.91 Å². The lowest BCUT2D eigenvalue weighted by atomic mass is 10.1. The van der Waals surface area contributed by atoms with E-state index in [0.29, 0.717) is 41.5 Å². The molecule has 0 aliphatic rings. The first kappa shape index (κ1) is 22.4. The second kappa shape index (κ2) is 10.2. The van der Waals surface area contributed by atoms with E-state index in [1.54, 1.807) is 29.2 Å². The van der Waals surface area contributed by atoms with Gasteiger partial charge in [0.1, 0.15) is 0 Å². The second-order valence-corrected chi connectivity index (χ2v) is 7.61. The first-order chi connectivity index (χ1) is 14.9. The minimum Gasteiger partial charge on any atom is -0.339 e. The number of nitrogens with zero attached hydrogens (tertiary/aromatic N) is 3. The lowest BCUT2D eigenvalue weighted by molar-refractivity contribution is -0.116. The fourth-order valence-electron chi connectivity index (χ4n) is 3.36. The number of anilines is 1. The van der Waals surface area contributed by atoms with Gasteiger partial charge in [-0.1, -0.05) is 23.8 Å². The summed E-state index contributed by atoms with van der Waals surface area (Å²) in [6.45, 7) is 7.65. The highest BCUT2D eigenvalue weighted by molar-refractivity contribution is 7.71. The summed E-state index contributed by atoms with van der Waals surface area (Å²) in [5.74, 6) is 0.558. The molecule has 3 rings (SSSR count). The van der Waals surface area contributed by atoms with Crippen LogP contribution in [0, 0.1) is 11.7 Å². The second-order valence-electron chi connectivity index (χ2n) is 7.23. The Morgan fingerprint density at radius 2 is 1.84 bits per heavy atom. The van der Waals surface area contributed by atoms with Crippen LogP contribution in [0.1, 0.15) is 36.2 Å². The Balaban J connectivity index is 1.63. The molecule has 0 aliphatic heterocycles. The SMILES string of the molecule is CCN(CC)C(=O)c1ccc(NC(=O)CCn2c(-c3cccc(C)c3)n[nH]c2=S)cc1. The third-order valence-electron chi connectivity index (χ3n) is 5.06. The minimum atomic E-state index is -0.138. The summed E-state index contributed by atoms with van der Waals surface area (Å²) in [4.78, 5) is 26.6. The fourth-order valence-corrected chi connectivity index (χ4v) is 3.58. The van der Waals surface area contributed by atoms with Crippen LogP contribution in [0.25, 0.3) is 11.4 Å². The van der Waals surface area contributed by atoms with Crippen molar-refractivity contribution in [1.29, 1.82) is 0 Å². The zero-order valence-corrected chi connectivity index (χ0v) is 18.8. The molecular weight excluding hydrogens is 410 g/mol. The Morgan fingerprint density at radius 1 is 1.13 bits per heavy atom. The third-order valence-corrected chi connectivity index (χ3v) is 5.37. The third kappa shape index (κ3) is 5.46. The van der Waals surface area contributed by atoms with Crippen molar-refractivity contribution in [2.24, 2.45) is 0 Å². The van der Waals surface area contributed by atoms with Crippen LogP contribution < -0.4 is 5.32 Å². The monoisotopic (exact) mass is 437 g/mol. The molecule has 3 aromatic rings. The van der Waals surface area contributed by atoms with Crippen LogP contribution in [0.5, 0.6) is 0 Å². The summed E-state index contributed by atoms with van der Waals surface area (Å²) in [5.41, 5.74) is 3.32. The van der Waals surface area contributed by atoms with E-state index in [9.17, 15) is 9.59 Å². The molecule has 2 amide bonds. The Hall–Kier alpha value is -3.26. The molecule has 1 aromatic heterocycles. The van der Waals surface area contributed by atoms with E-state index in [0.717, 1.165) is 11.1 Å². The van der Waals surface area contributed by atoms with E-state index in [1.165, 1.54) is 0 Å². The van der Waals surface area contributed by atoms with E-state index in [2.05, 4.69) is 15.5 Å². The van der Waals surface area contributed by atoms with Gasteiger partial charge in [-0.05, 0) is 63.3 Å². The van der Waals surface area contributed by atoms with Crippen LogP contribution in [0.4, 0.5) is 5.69 Å². The number of aryl methyl sites for hydroxylation is 1. The quantitative estimate of drug-likeness (QED) is 0.511. The maximum atomic E-state index is 12.5.